The topological polar surface area (TPSA) is 26.3 Å². The van der Waals surface area contributed by atoms with Gasteiger partial charge < -0.3 is 4.43 Å². The van der Waals surface area contributed by atoms with Gasteiger partial charge in [-0.15, -0.1) is 0 Å². The number of hydrogen-bond acceptors (Lipinski definition) is 2. The van der Waals surface area contributed by atoms with Crippen LogP contribution in [-0.4, -0.2) is 20.2 Å². The van der Waals surface area contributed by atoms with E-state index in [9.17, 15) is 4.79 Å². The molecule has 1 saturated carbocycles. The zero-order chi connectivity index (χ0) is 15.8. The first kappa shape index (κ1) is 16.9. The normalized spacial score (nSPS) is 33.9. The van der Waals surface area contributed by atoms with Gasteiger partial charge in [-0.05, 0) is 56.2 Å². The molecule has 21 heavy (non-hydrogen) atoms. The van der Waals surface area contributed by atoms with E-state index < -0.39 is 8.32 Å². The summed E-state index contributed by atoms with van der Waals surface area (Å²) in [5.74, 6) is 1.42. The summed E-state index contributed by atoms with van der Waals surface area (Å²) in [4.78, 5) is 12.1. The summed E-state index contributed by atoms with van der Waals surface area (Å²) < 4.78 is 6.69. The summed E-state index contributed by atoms with van der Waals surface area (Å²) in [6, 6.07) is 0. The zero-order valence-corrected chi connectivity index (χ0v) is 15.7. The molecule has 0 unspecified atom stereocenters. The summed E-state index contributed by atoms with van der Waals surface area (Å²) in [6.45, 7) is 13.8. The largest absolute Gasteiger partial charge is 0.414 e. The lowest BCUT2D eigenvalue weighted by Crippen LogP contribution is -2.45. The minimum absolute atomic E-state index is 0.238. The quantitative estimate of drug-likeness (QED) is 0.524. The van der Waals surface area contributed by atoms with Gasteiger partial charge in [0.15, 0.2) is 8.32 Å². The lowest BCUT2D eigenvalue weighted by atomic mass is 9.82. The first-order chi connectivity index (χ1) is 9.62. The Bertz CT molecular complexity index is 431. The standard InChI is InChI=1S/C18H32O2Si/c1-13-8-7-9-14(19)12-16-15(13)10-11-17(16)20-21(5,6)18(2,3)4/h8,15-17H,7,9-12H2,1-6H3/b13-8-/t15-,16+,17+/m1/s1. The van der Waals surface area contributed by atoms with Crippen LogP contribution in [0.1, 0.15) is 59.8 Å². The van der Waals surface area contributed by atoms with Gasteiger partial charge in [-0.1, -0.05) is 32.4 Å². The van der Waals surface area contributed by atoms with E-state index in [4.69, 9.17) is 4.43 Å². The third-order valence-electron chi connectivity index (χ3n) is 5.95. The molecule has 2 aliphatic carbocycles. The van der Waals surface area contributed by atoms with Gasteiger partial charge in [-0.2, -0.15) is 0 Å². The summed E-state index contributed by atoms with van der Waals surface area (Å²) in [6.07, 6.45) is 7.29. The number of hydrogen-bond donors (Lipinski definition) is 0. The second-order valence-corrected chi connectivity index (χ2v) is 13.3. The monoisotopic (exact) mass is 308 g/mol. The van der Waals surface area contributed by atoms with E-state index in [1.807, 2.05) is 0 Å². The van der Waals surface area contributed by atoms with Crippen molar-refractivity contribution in [1.29, 1.82) is 0 Å². The van der Waals surface area contributed by atoms with Crippen molar-refractivity contribution in [1.82, 2.24) is 0 Å². The molecule has 0 aromatic heterocycles. The van der Waals surface area contributed by atoms with Crippen molar-refractivity contribution in [3.8, 4) is 0 Å². The Balaban J connectivity index is 2.17. The molecule has 0 N–H and O–H groups in total. The van der Waals surface area contributed by atoms with Gasteiger partial charge in [0, 0.05) is 18.9 Å². The second-order valence-electron chi connectivity index (χ2n) is 8.49. The number of rotatable bonds is 2. The highest BCUT2D eigenvalue weighted by molar-refractivity contribution is 6.74. The van der Waals surface area contributed by atoms with Crippen LogP contribution in [0.2, 0.25) is 18.1 Å². The van der Waals surface area contributed by atoms with Gasteiger partial charge in [0.1, 0.15) is 5.78 Å². The van der Waals surface area contributed by atoms with Gasteiger partial charge in [0.25, 0.3) is 0 Å². The Hall–Kier alpha value is -0.413. The number of ketones is 1. The maximum atomic E-state index is 12.1. The van der Waals surface area contributed by atoms with E-state index in [1.165, 1.54) is 12.0 Å². The fraction of sp³-hybridized carbons (Fsp3) is 0.833. The van der Waals surface area contributed by atoms with Crippen molar-refractivity contribution >= 4 is 14.1 Å². The number of Topliss-reactive ketones (excluding diaryl/α,β-unsaturated/α-hetero) is 1. The highest BCUT2D eigenvalue weighted by Gasteiger charge is 2.45. The molecule has 3 heteroatoms. The van der Waals surface area contributed by atoms with Gasteiger partial charge in [-0.25, -0.2) is 0 Å². The molecule has 0 radical (unpaired) electrons. The fourth-order valence-electron chi connectivity index (χ4n) is 3.55. The van der Waals surface area contributed by atoms with Crippen LogP contribution in [0, 0.1) is 11.8 Å². The number of fused-ring (bicyclic) bond motifs is 1. The Kier molecular flexibility index (Phi) is 4.84. The zero-order valence-electron chi connectivity index (χ0n) is 14.7. The summed E-state index contributed by atoms with van der Waals surface area (Å²) in [5.41, 5.74) is 1.49. The minimum atomic E-state index is -1.75. The number of carbonyl (C=O) groups is 1. The maximum absolute atomic E-state index is 12.1. The highest BCUT2D eigenvalue weighted by atomic mass is 28.4. The highest BCUT2D eigenvalue weighted by Crippen LogP contribution is 2.46. The molecule has 0 aromatic carbocycles. The fourth-order valence-corrected chi connectivity index (χ4v) is 4.95. The molecule has 2 rings (SSSR count). The van der Waals surface area contributed by atoms with Gasteiger partial charge in [-0.3, -0.25) is 4.79 Å². The van der Waals surface area contributed by atoms with Crippen LogP contribution in [0.3, 0.4) is 0 Å². The summed E-state index contributed by atoms with van der Waals surface area (Å²) >= 11 is 0. The van der Waals surface area contributed by atoms with Crippen LogP contribution < -0.4 is 0 Å². The molecule has 2 aliphatic rings. The molecule has 0 aliphatic heterocycles. The third kappa shape index (κ3) is 3.68. The van der Waals surface area contributed by atoms with Crippen LogP contribution in [-0.2, 0) is 9.22 Å². The van der Waals surface area contributed by atoms with Crippen molar-refractivity contribution in [2.45, 2.75) is 84.0 Å². The van der Waals surface area contributed by atoms with Crippen molar-refractivity contribution in [2.24, 2.45) is 11.8 Å². The molecular formula is C18H32O2Si. The molecule has 0 aromatic rings. The van der Waals surface area contributed by atoms with Gasteiger partial charge >= 0.3 is 0 Å². The summed E-state index contributed by atoms with van der Waals surface area (Å²) in [7, 11) is -1.75. The Morgan fingerprint density at radius 3 is 2.52 bits per heavy atom. The maximum Gasteiger partial charge on any atom is 0.192 e. The smallest absolute Gasteiger partial charge is 0.192 e. The molecule has 0 heterocycles. The lowest BCUT2D eigenvalue weighted by Gasteiger charge is -2.40. The van der Waals surface area contributed by atoms with Crippen LogP contribution in [0.25, 0.3) is 0 Å². The predicted octanol–water partition coefficient (Wildman–Crippen LogP) is 5.10. The SMILES string of the molecule is C/C1=C/CCC(=O)C[C@@H]2[C@@H](O[Si](C)(C)C(C)(C)C)CC[C@H]12. The van der Waals surface area contributed by atoms with Crippen molar-refractivity contribution in [2.75, 3.05) is 0 Å². The number of carbonyl (C=O) groups excluding carboxylic acids is 1. The average Bonchev–Trinajstić information content (AvgIpc) is 2.68. The third-order valence-corrected chi connectivity index (χ3v) is 10.5. The Morgan fingerprint density at radius 1 is 1.24 bits per heavy atom. The predicted molar refractivity (Wildman–Crippen MR) is 90.9 cm³/mol. The van der Waals surface area contributed by atoms with Crippen LogP contribution in [0.5, 0.6) is 0 Å². The van der Waals surface area contributed by atoms with E-state index in [-0.39, 0.29) is 5.04 Å². The van der Waals surface area contributed by atoms with E-state index in [2.05, 4.69) is 46.9 Å². The first-order valence-electron chi connectivity index (χ1n) is 8.48. The molecule has 3 atom stereocenters. The van der Waals surface area contributed by atoms with Crippen molar-refractivity contribution < 1.29 is 9.22 Å². The van der Waals surface area contributed by atoms with Crippen molar-refractivity contribution in [3.63, 3.8) is 0 Å². The molecule has 0 spiro atoms. The Morgan fingerprint density at radius 2 is 1.90 bits per heavy atom. The number of allylic oxidation sites excluding steroid dienone is 2. The molecular weight excluding hydrogens is 276 g/mol. The first-order valence-corrected chi connectivity index (χ1v) is 11.4. The lowest BCUT2D eigenvalue weighted by molar-refractivity contribution is -0.120. The van der Waals surface area contributed by atoms with E-state index in [1.54, 1.807) is 0 Å². The molecule has 0 bridgehead atoms. The van der Waals surface area contributed by atoms with Crippen LogP contribution in [0.4, 0.5) is 0 Å². The molecule has 0 saturated heterocycles. The second kappa shape index (κ2) is 6.00. The molecule has 1 fully saturated rings. The van der Waals surface area contributed by atoms with E-state index in [0.717, 1.165) is 19.3 Å². The van der Waals surface area contributed by atoms with Gasteiger partial charge in [0.2, 0.25) is 0 Å². The van der Waals surface area contributed by atoms with Gasteiger partial charge in [0.05, 0.1) is 0 Å². The van der Waals surface area contributed by atoms with Crippen LogP contribution >= 0.6 is 0 Å². The van der Waals surface area contributed by atoms with Crippen molar-refractivity contribution in [3.05, 3.63) is 11.6 Å². The summed E-state index contributed by atoms with van der Waals surface area (Å²) in [5, 5.41) is 0.238. The molecule has 120 valence electrons. The van der Waals surface area contributed by atoms with Crippen LogP contribution in [0.15, 0.2) is 11.6 Å². The average molecular weight is 309 g/mol. The molecule has 2 nitrogen and oxygen atoms in total. The molecule has 0 amide bonds. The van der Waals surface area contributed by atoms with E-state index >= 15 is 0 Å². The van der Waals surface area contributed by atoms with E-state index in [0.29, 0.717) is 30.1 Å². The Labute approximate surface area is 131 Å². The minimum Gasteiger partial charge on any atom is -0.414 e.